The van der Waals surface area contributed by atoms with Crippen LogP contribution in [0.5, 0.6) is 0 Å². The molecule has 1 heterocycles. The topological polar surface area (TPSA) is 49.3 Å². The molecule has 1 fully saturated rings. The van der Waals surface area contributed by atoms with Crippen LogP contribution in [0.1, 0.15) is 33.1 Å². The zero-order valence-electron chi connectivity index (χ0n) is 9.47. The third kappa shape index (κ3) is 2.97. The molecular formula is C12H19NO2. The van der Waals surface area contributed by atoms with Gasteiger partial charge in [0.15, 0.2) is 0 Å². The molecule has 84 valence electrons. The van der Waals surface area contributed by atoms with Crippen LogP contribution in [0.2, 0.25) is 0 Å². The summed E-state index contributed by atoms with van der Waals surface area (Å²) in [4.78, 5) is 11.3. The van der Waals surface area contributed by atoms with Crippen molar-refractivity contribution in [3.8, 4) is 11.8 Å². The van der Waals surface area contributed by atoms with E-state index in [9.17, 15) is 9.90 Å². The lowest BCUT2D eigenvalue weighted by atomic mass is 9.73. The van der Waals surface area contributed by atoms with Crippen molar-refractivity contribution in [3.05, 3.63) is 0 Å². The van der Waals surface area contributed by atoms with Crippen molar-refractivity contribution in [1.29, 1.82) is 0 Å². The van der Waals surface area contributed by atoms with E-state index in [1.807, 2.05) is 0 Å². The molecule has 0 saturated carbocycles. The summed E-state index contributed by atoms with van der Waals surface area (Å²) in [5, 5.41) is 12.5. The first-order chi connectivity index (χ1) is 7.10. The fourth-order valence-corrected chi connectivity index (χ4v) is 2.26. The number of rotatable bonds is 3. The van der Waals surface area contributed by atoms with E-state index in [0.717, 1.165) is 13.0 Å². The summed E-state index contributed by atoms with van der Waals surface area (Å²) >= 11 is 0. The smallest absolute Gasteiger partial charge is 0.310 e. The average molecular weight is 209 g/mol. The minimum atomic E-state index is -0.681. The van der Waals surface area contributed by atoms with Gasteiger partial charge in [-0.1, -0.05) is 6.92 Å². The van der Waals surface area contributed by atoms with Gasteiger partial charge < -0.3 is 10.4 Å². The Morgan fingerprint density at radius 3 is 2.93 bits per heavy atom. The van der Waals surface area contributed by atoms with Crippen LogP contribution in [-0.4, -0.2) is 24.2 Å². The van der Waals surface area contributed by atoms with Crippen molar-refractivity contribution < 1.29 is 9.90 Å². The summed E-state index contributed by atoms with van der Waals surface area (Å²) in [6.45, 7) is 5.39. The third-order valence-corrected chi connectivity index (χ3v) is 3.05. The maximum Gasteiger partial charge on any atom is 0.310 e. The molecule has 2 atom stereocenters. The van der Waals surface area contributed by atoms with E-state index in [0.29, 0.717) is 25.3 Å². The van der Waals surface area contributed by atoms with Crippen LogP contribution in [0.3, 0.4) is 0 Å². The zero-order valence-corrected chi connectivity index (χ0v) is 9.47. The Morgan fingerprint density at radius 2 is 2.40 bits per heavy atom. The Labute approximate surface area is 91.3 Å². The van der Waals surface area contributed by atoms with Gasteiger partial charge in [0, 0.05) is 13.0 Å². The summed E-state index contributed by atoms with van der Waals surface area (Å²) in [5.74, 6) is 5.51. The Kier molecular flexibility index (Phi) is 4.16. The van der Waals surface area contributed by atoms with Gasteiger partial charge in [0.2, 0.25) is 0 Å². The Morgan fingerprint density at radius 1 is 1.67 bits per heavy atom. The lowest BCUT2D eigenvalue weighted by molar-refractivity contribution is -0.151. The van der Waals surface area contributed by atoms with Crippen molar-refractivity contribution >= 4 is 5.97 Å². The molecule has 0 aromatic carbocycles. The number of hydrogen-bond donors (Lipinski definition) is 2. The standard InChI is InChI=1S/C12H19NO2/c1-3-4-5-6-12(11(14)15)7-10(2)8-13-9-12/h10,13H,5-9H2,1-2H3,(H,14,15). The van der Waals surface area contributed by atoms with Gasteiger partial charge in [-0.3, -0.25) is 4.79 Å². The van der Waals surface area contributed by atoms with Gasteiger partial charge in [-0.2, -0.15) is 0 Å². The number of carboxylic acid groups (broad SMARTS) is 1. The lowest BCUT2D eigenvalue weighted by Gasteiger charge is -2.36. The molecule has 1 rings (SSSR count). The average Bonchev–Trinajstić information content (AvgIpc) is 2.18. The molecule has 1 aliphatic heterocycles. The van der Waals surface area contributed by atoms with Crippen LogP contribution in [0.4, 0.5) is 0 Å². The fourth-order valence-electron chi connectivity index (χ4n) is 2.26. The molecule has 3 nitrogen and oxygen atoms in total. The van der Waals surface area contributed by atoms with Gasteiger partial charge in [-0.15, -0.1) is 11.8 Å². The van der Waals surface area contributed by atoms with Crippen LogP contribution in [0, 0.1) is 23.2 Å². The Bertz CT molecular complexity index is 290. The SMILES string of the molecule is CC#CCCC1(C(=O)O)CNCC(C)C1. The molecule has 2 N–H and O–H groups in total. The van der Waals surface area contributed by atoms with Crippen LogP contribution in [0.25, 0.3) is 0 Å². The molecular weight excluding hydrogens is 190 g/mol. The molecule has 15 heavy (non-hydrogen) atoms. The van der Waals surface area contributed by atoms with Crippen molar-refractivity contribution in [2.75, 3.05) is 13.1 Å². The normalized spacial score (nSPS) is 30.4. The predicted molar refractivity (Wildman–Crippen MR) is 59.4 cm³/mol. The highest BCUT2D eigenvalue weighted by Gasteiger charge is 2.41. The summed E-state index contributed by atoms with van der Waals surface area (Å²) in [5.41, 5.74) is -0.596. The van der Waals surface area contributed by atoms with Gasteiger partial charge in [-0.25, -0.2) is 0 Å². The van der Waals surface area contributed by atoms with Crippen molar-refractivity contribution in [3.63, 3.8) is 0 Å². The number of aliphatic carboxylic acids is 1. The summed E-state index contributed by atoms with van der Waals surface area (Å²) in [6.07, 6.45) is 2.10. The highest BCUT2D eigenvalue weighted by Crippen LogP contribution is 2.34. The zero-order chi connectivity index (χ0) is 11.3. The summed E-state index contributed by atoms with van der Waals surface area (Å²) in [7, 11) is 0. The number of hydrogen-bond acceptors (Lipinski definition) is 2. The first-order valence-corrected chi connectivity index (χ1v) is 5.44. The second-order valence-corrected chi connectivity index (χ2v) is 4.45. The molecule has 0 amide bonds. The van der Waals surface area contributed by atoms with Crippen molar-refractivity contribution in [1.82, 2.24) is 5.32 Å². The van der Waals surface area contributed by atoms with Crippen molar-refractivity contribution in [2.45, 2.75) is 33.1 Å². The minimum absolute atomic E-state index is 0.435. The minimum Gasteiger partial charge on any atom is -0.481 e. The second kappa shape index (κ2) is 5.18. The van der Waals surface area contributed by atoms with Crippen LogP contribution < -0.4 is 5.32 Å². The summed E-state index contributed by atoms with van der Waals surface area (Å²) in [6, 6.07) is 0. The largest absolute Gasteiger partial charge is 0.481 e. The Hall–Kier alpha value is -1.01. The van der Waals surface area contributed by atoms with E-state index >= 15 is 0 Å². The van der Waals surface area contributed by atoms with E-state index in [-0.39, 0.29) is 0 Å². The first-order valence-electron chi connectivity index (χ1n) is 5.44. The van der Waals surface area contributed by atoms with Gasteiger partial charge in [-0.05, 0) is 32.2 Å². The van der Waals surface area contributed by atoms with Crippen molar-refractivity contribution in [2.24, 2.45) is 11.3 Å². The highest BCUT2D eigenvalue weighted by atomic mass is 16.4. The molecule has 1 aliphatic rings. The molecule has 0 radical (unpaired) electrons. The second-order valence-electron chi connectivity index (χ2n) is 4.45. The lowest BCUT2D eigenvalue weighted by Crippen LogP contribution is -2.48. The van der Waals surface area contributed by atoms with Gasteiger partial charge in [0.05, 0.1) is 5.41 Å². The van der Waals surface area contributed by atoms with E-state index in [1.165, 1.54) is 0 Å². The maximum atomic E-state index is 11.3. The van der Waals surface area contributed by atoms with Crippen LogP contribution in [-0.2, 0) is 4.79 Å². The van der Waals surface area contributed by atoms with Gasteiger partial charge in [0.1, 0.15) is 0 Å². The Balaban J connectivity index is 2.67. The van der Waals surface area contributed by atoms with E-state index < -0.39 is 11.4 Å². The monoisotopic (exact) mass is 209 g/mol. The van der Waals surface area contributed by atoms with Crippen LogP contribution in [0.15, 0.2) is 0 Å². The summed E-state index contributed by atoms with van der Waals surface area (Å²) < 4.78 is 0. The van der Waals surface area contributed by atoms with Crippen LogP contribution >= 0.6 is 0 Å². The molecule has 0 aliphatic carbocycles. The van der Waals surface area contributed by atoms with E-state index in [4.69, 9.17) is 0 Å². The third-order valence-electron chi connectivity index (χ3n) is 3.05. The molecule has 2 unspecified atom stereocenters. The number of nitrogens with one attached hydrogen (secondary N) is 1. The quantitative estimate of drug-likeness (QED) is 0.692. The van der Waals surface area contributed by atoms with Gasteiger partial charge in [0.25, 0.3) is 0 Å². The predicted octanol–water partition coefficient (Wildman–Crippen LogP) is 1.49. The molecule has 0 spiro atoms. The number of carboxylic acids is 1. The molecule has 1 saturated heterocycles. The highest BCUT2D eigenvalue weighted by molar-refractivity contribution is 5.75. The molecule has 0 aromatic rings. The van der Waals surface area contributed by atoms with E-state index in [2.05, 4.69) is 24.1 Å². The first kappa shape index (κ1) is 12.1. The van der Waals surface area contributed by atoms with E-state index in [1.54, 1.807) is 6.92 Å². The van der Waals surface area contributed by atoms with Gasteiger partial charge >= 0.3 is 5.97 Å². The molecule has 0 bridgehead atoms. The molecule has 3 heteroatoms. The maximum absolute atomic E-state index is 11.3. The number of piperidine rings is 1. The fraction of sp³-hybridized carbons (Fsp3) is 0.750. The molecule has 0 aromatic heterocycles. The number of carbonyl (C=O) groups is 1.